The van der Waals surface area contributed by atoms with Crippen LogP contribution in [0.25, 0.3) is 0 Å². The Hall–Kier alpha value is -1.24. The SMILES string of the molecule is CCc1c(N)c(=O)n(C2CCS(=O)(=O)C2)n1CC. The standard InChI is InChI=1S/C11H19N3O3S/c1-3-9-10(12)11(15)14(13(9)4-2)8-5-6-18(16,17)7-8/h8H,3-7,12H2,1-2H3. The number of hydrogen-bond donors (Lipinski definition) is 1. The highest BCUT2D eigenvalue weighted by Crippen LogP contribution is 2.24. The second-order valence-corrected chi connectivity index (χ2v) is 6.86. The molecule has 7 heteroatoms. The van der Waals surface area contributed by atoms with Gasteiger partial charge in [-0.05, 0) is 19.8 Å². The first-order chi connectivity index (χ1) is 8.41. The Kier molecular flexibility index (Phi) is 3.27. The minimum absolute atomic E-state index is 0.0412. The molecule has 102 valence electrons. The third-order valence-corrected chi connectivity index (χ3v) is 5.26. The smallest absolute Gasteiger partial charge is 0.290 e. The molecule has 0 saturated carbocycles. The zero-order valence-electron chi connectivity index (χ0n) is 10.7. The molecule has 1 aromatic heterocycles. The normalized spacial score (nSPS) is 22.4. The van der Waals surface area contributed by atoms with E-state index in [-0.39, 0.29) is 28.8 Å². The number of sulfone groups is 1. The van der Waals surface area contributed by atoms with Gasteiger partial charge >= 0.3 is 0 Å². The van der Waals surface area contributed by atoms with Crippen molar-refractivity contribution in [1.29, 1.82) is 0 Å². The van der Waals surface area contributed by atoms with E-state index in [2.05, 4.69) is 0 Å². The lowest BCUT2D eigenvalue weighted by molar-refractivity contribution is 0.385. The molecule has 2 N–H and O–H groups in total. The number of nitrogen functional groups attached to an aromatic ring is 1. The van der Waals surface area contributed by atoms with Crippen LogP contribution < -0.4 is 11.3 Å². The van der Waals surface area contributed by atoms with Gasteiger partial charge in [0, 0.05) is 6.54 Å². The van der Waals surface area contributed by atoms with Gasteiger partial charge < -0.3 is 5.73 Å². The topological polar surface area (TPSA) is 87.1 Å². The highest BCUT2D eigenvalue weighted by molar-refractivity contribution is 7.91. The zero-order chi connectivity index (χ0) is 13.5. The van der Waals surface area contributed by atoms with Crippen molar-refractivity contribution in [3.63, 3.8) is 0 Å². The Labute approximate surface area is 106 Å². The van der Waals surface area contributed by atoms with Crippen LogP contribution in [0.3, 0.4) is 0 Å². The maximum Gasteiger partial charge on any atom is 0.290 e. The van der Waals surface area contributed by atoms with E-state index in [1.807, 2.05) is 18.5 Å². The summed E-state index contributed by atoms with van der Waals surface area (Å²) in [5.74, 6) is 0.194. The molecule has 0 amide bonds. The van der Waals surface area contributed by atoms with Crippen molar-refractivity contribution in [1.82, 2.24) is 9.36 Å². The summed E-state index contributed by atoms with van der Waals surface area (Å²) in [7, 11) is -3.01. The number of aromatic nitrogens is 2. The summed E-state index contributed by atoms with van der Waals surface area (Å²) in [6.45, 7) is 4.48. The number of rotatable bonds is 3. The molecule has 1 saturated heterocycles. The summed E-state index contributed by atoms with van der Waals surface area (Å²) < 4.78 is 26.4. The monoisotopic (exact) mass is 273 g/mol. The lowest BCUT2D eigenvalue weighted by Crippen LogP contribution is -2.29. The van der Waals surface area contributed by atoms with E-state index in [9.17, 15) is 13.2 Å². The van der Waals surface area contributed by atoms with Crippen LogP contribution in [0.5, 0.6) is 0 Å². The highest BCUT2D eigenvalue weighted by Gasteiger charge is 2.32. The van der Waals surface area contributed by atoms with Crippen LogP contribution in [0.15, 0.2) is 4.79 Å². The molecule has 0 bridgehead atoms. The van der Waals surface area contributed by atoms with Crippen LogP contribution in [0.1, 0.15) is 32.0 Å². The minimum Gasteiger partial charge on any atom is -0.393 e. The summed E-state index contributed by atoms with van der Waals surface area (Å²) in [6.07, 6.45) is 1.16. The molecule has 1 atom stereocenters. The third-order valence-electron chi connectivity index (χ3n) is 3.51. The molecule has 0 radical (unpaired) electrons. The number of anilines is 1. The summed E-state index contributed by atoms with van der Waals surface area (Å²) in [5.41, 5.74) is 6.62. The lowest BCUT2D eigenvalue weighted by Gasteiger charge is -2.16. The Morgan fingerprint density at radius 2 is 2.06 bits per heavy atom. The first-order valence-electron chi connectivity index (χ1n) is 6.21. The Balaban J connectivity index is 2.55. The van der Waals surface area contributed by atoms with E-state index >= 15 is 0 Å². The molecule has 1 unspecified atom stereocenters. The molecule has 1 aliphatic rings. The van der Waals surface area contributed by atoms with Gasteiger partial charge in [-0.15, -0.1) is 0 Å². The lowest BCUT2D eigenvalue weighted by atomic mass is 10.3. The van der Waals surface area contributed by atoms with Gasteiger partial charge in [0.2, 0.25) is 0 Å². The molecule has 1 aliphatic heterocycles. The van der Waals surface area contributed by atoms with Gasteiger partial charge in [0.15, 0.2) is 9.84 Å². The van der Waals surface area contributed by atoms with Crippen LogP contribution in [0.2, 0.25) is 0 Å². The van der Waals surface area contributed by atoms with Crippen molar-refractivity contribution < 1.29 is 8.42 Å². The molecule has 2 rings (SSSR count). The Bertz CT molecular complexity index is 612. The molecular formula is C11H19N3O3S. The average molecular weight is 273 g/mol. The van der Waals surface area contributed by atoms with Crippen molar-refractivity contribution in [2.75, 3.05) is 17.2 Å². The van der Waals surface area contributed by atoms with Crippen LogP contribution in [-0.4, -0.2) is 29.3 Å². The second kappa shape index (κ2) is 4.46. The summed E-state index contributed by atoms with van der Waals surface area (Å²) in [6, 6.07) is -0.273. The van der Waals surface area contributed by atoms with Crippen molar-refractivity contribution in [3.8, 4) is 0 Å². The number of nitrogens with two attached hydrogens (primary N) is 1. The minimum atomic E-state index is -3.01. The summed E-state index contributed by atoms with van der Waals surface area (Å²) >= 11 is 0. The van der Waals surface area contributed by atoms with Gasteiger partial charge in [-0.3, -0.25) is 9.48 Å². The van der Waals surface area contributed by atoms with E-state index in [4.69, 9.17) is 5.73 Å². The van der Waals surface area contributed by atoms with E-state index in [0.29, 0.717) is 19.4 Å². The quantitative estimate of drug-likeness (QED) is 0.850. The predicted molar refractivity (Wildman–Crippen MR) is 70.5 cm³/mol. The van der Waals surface area contributed by atoms with Crippen molar-refractivity contribution in [3.05, 3.63) is 16.0 Å². The Morgan fingerprint density at radius 3 is 2.50 bits per heavy atom. The van der Waals surface area contributed by atoms with Crippen LogP contribution >= 0.6 is 0 Å². The molecule has 0 aromatic carbocycles. The first-order valence-corrected chi connectivity index (χ1v) is 8.03. The maximum absolute atomic E-state index is 12.1. The first kappa shape index (κ1) is 13.2. The number of nitrogens with zero attached hydrogens (tertiary/aromatic N) is 2. The highest BCUT2D eigenvalue weighted by atomic mass is 32.2. The molecular weight excluding hydrogens is 254 g/mol. The third kappa shape index (κ3) is 1.96. The molecule has 18 heavy (non-hydrogen) atoms. The molecule has 0 spiro atoms. The van der Waals surface area contributed by atoms with Crippen molar-refractivity contribution >= 4 is 15.5 Å². The van der Waals surface area contributed by atoms with Gasteiger partial charge in [-0.1, -0.05) is 6.92 Å². The second-order valence-electron chi connectivity index (χ2n) is 4.64. The molecule has 0 aliphatic carbocycles. The average Bonchev–Trinajstić information content (AvgIpc) is 2.78. The van der Waals surface area contributed by atoms with E-state index in [1.165, 1.54) is 0 Å². The van der Waals surface area contributed by atoms with Crippen molar-refractivity contribution in [2.24, 2.45) is 0 Å². The van der Waals surface area contributed by atoms with Gasteiger partial charge in [0.1, 0.15) is 5.69 Å². The predicted octanol–water partition coefficient (Wildman–Crippen LogP) is 0.174. The van der Waals surface area contributed by atoms with Gasteiger partial charge in [0.05, 0.1) is 23.2 Å². The van der Waals surface area contributed by atoms with Crippen LogP contribution in [0.4, 0.5) is 5.69 Å². The molecule has 2 heterocycles. The van der Waals surface area contributed by atoms with Crippen LogP contribution in [-0.2, 0) is 22.8 Å². The maximum atomic E-state index is 12.1. The van der Waals surface area contributed by atoms with Gasteiger partial charge in [0.25, 0.3) is 5.56 Å². The summed E-state index contributed by atoms with van der Waals surface area (Å²) in [5, 5.41) is 0. The zero-order valence-corrected chi connectivity index (χ0v) is 11.5. The number of hydrogen-bond acceptors (Lipinski definition) is 4. The van der Waals surface area contributed by atoms with Crippen molar-refractivity contribution in [2.45, 2.75) is 39.3 Å². The molecule has 1 fully saturated rings. The van der Waals surface area contributed by atoms with E-state index in [0.717, 1.165) is 5.69 Å². The van der Waals surface area contributed by atoms with Crippen LogP contribution in [0, 0.1) is 0 Å². The van der Waals surface area contributed by atoms with E-state index < -0.39 is 9.84 Å². The fourth-order valence-corrected chi connectivity index (χ4v) is 4.36. The Morgan fingerprint density at radius 1 is 1.39 bits per heavy atom. The fraction of sp³-hybridized carbons (Fsp3) is 0.727. The van der Waals surface area contributed by atoms with Gasteiger partial charge in [-0.25, -0.2) is 13.1 Å². The largest absolute Gasteiger partial charge is 0.393 e. The van der Waals surface area contributed by atoms with Gasteiger partial charge in [-0.2, -0.15) is 0 Å². The van der Waals surface area contributed by atoms with E-state index in [1.54, 1.807) is 4.68 Å². The molecule has 1 aromatic rings. The molecule has 6 nitrogen and oxygen atoms in total. The summed E-state index contributed by atoms with van der Waals surface area (Å²) in [4.78, 5) is 12.1. The fourth-order valence-electron chi connectivity index (χ4n) is 2.67.